The van der Waals surface area contributed by atoms with Crippen LogP contribution in [0.4, 0.5) is 23.2 Å². The van der Waals surface area contributed by atoms with Gasteiger partial charge >= 0.3 is 6.18 Å². The fourth-order valence-electron chi connectivity index (χ4n) is 2.90. The fraction of sp³-hybridized carbons (Fsp3) is 0.136. The summed E-state index contributed by atoms with van der Waals surface area (Å²) in [6.45, 7) is -0.784. The highest BCUT2D eigenvalue weighted by atomic mass is 35.5. The zero-order valence-electron chi connectivity index (χ0n) is 16.8. The van der Waals surface area contributed by atoms with Crippen molar-refractivity contribution in [2.75, 3.05) is 10.8 Å². The molecule has 0 aliphatic rings. The Hall–Kier alpha value is -3.11. The van der Waals surface area contributed by atoms with Crippen LogP contribution in [0.2, 0.25) is 5.02 Å². The summed E-state index contributed by atoms with van der Waals surface area (Å²) in [4.78, 5) is 12.2. The van der Waals surface area contributed by atoms with Crippen molar-refractivity contribution in [3.8, 4) is 0 Å². The van der Waals surface area contributed by atoms with Gasteiger partial charge in [0, 0.05) is 6.54 Å². The lowest BCUT2D eigenvalue weighted by Gasteiger charge is -2.26. The van der Waals surface area contributed by atoms with Crippen molar-refractivity contribution < 1.29 is 30.8 Å². The molecular weight excluding hydrogens is 484 g/mol. The Labute approximate surface area is 192 Å². The quantitative estimate of drug-likeness (QED) is 0.464. The maximum Gasteiger partial charge on any atom is 0.416 e. The lowest BCUT2D eigenvalue weighted by Crippen LogP contribution is -2.41. The predicted molar refractivity (Wildman–Crippen MR) is 116 cm³/mol. The number of hydrogen-bond donors (Lipinski definition) is 1. The van der Waals surface area contributed by atoms with E-state index in [0.29, 0.717) is 16.4 Å². The van der Waals surface area contributed by atoms with Gasteiger partial charge in [0.15, 0.2) is 0 Å². The van der Waals surface area contributed by atoms with Crippen LogP contribution >= 0.6 is 11.6 Å². The summed E-state index contributed by atoms with van der Waals surface area (Å²) in [5.74, 6) is -1.49. The molecule has 33 heavy (non-hydrogen) atoms. The summed E-state index contributed by atoms with van der Waals surface area (Å²) in [5, 5.41) is 2.21. The topological polar surface area (TPSA) is 66.5 Å². The minimum absolute atomic E-state index is 0.0699. The summed E-state index contributed by atoms with van der Waals surface area (Å²) in [5.41, 5.74) is -0.951. The van der Waals surface area contributed by atoms with Gasteiger partial charge in [0.2, 0.25) is 5.91 Å². The number of hydrogen-bond acceptors (Lipinski definition) is 3. The third kappa shape index (κ3) is 6.02. The number of halogens is 5. The van der Waals surface area contributed by atoms with Gasteiger partial charge in [-0.05, 0) is 48.0 Å². The van der Waals surface area contributed by atoms with Crippen molar-refractivity contribution in [1.82, 2.24) is 5.32 Å². The number of carbonyl (C=O) groups excluding carboxylic acids is 1. The van der Waals surface area contributed by atoms with E-state index in [2.05, 4.69) is 5.32 Å². The molecule has 0 heterocycles. The summed E-state index contributed by atoms with van der Waals surface area (Å²) in [6, 6.07) is 14.5. The first-order chi connectivity index (χ1) is 15.5. The minimum atomic E-state index is -4.78. The van der Waals surface area contributed by atoms with Crippen LogP contribution < -0.4 is 9.62 Å². The molecule has 0 aromatic heterocycles. The number of rotatable bonds is 7. The molecule has 0 unspecified atom stereocenters. The SMILES string of the molecule is O=C(CN(c1cc(C(F)(F)F)ccc1Cl)S(=O)(=O)c1ccc(F)cc1)NCc1ccccc1. The molecule has 5 nitrogen and oxygen atoms in total. The second-order valence-corrected chi connectivity index (χ2v) is 9.16. The van der Waals surface area contributed by atoms with Gasteiger partial charge in [0.25, 0.3) is 10.0 Å². The fourth-order valence-corrected chi connectivity index (χ4v) is 4.60. The van der Waals surface area contributed by atoms with Crippen LogP contribution in [-0.2, 0) is 27.5 Å². The van der Waals surface area contributed by atoms with Gasteiger partial charge < -0.3 is 5.32 Å². The van der Waals surface area contributed by atoms with E-state index in [1.54, 1.807) is 30.3 Å². The molecule has 3 aromatic carbocycles. The van der Waals surface area contributed by atoms with Gasteiger partial charge in [0.05, 0.1) is 21.2 Å². The molecule has 0 aliphatic carbocycles. The highest BCUT2D eigenvalue weighted by Gasteiger charge is 2.34. The van der Waals surface area contributed by atoms with E-state index in [0.717, 1.165) is 35.9 Å². The Balaban J connectivity index is 2.00. The van der Waals surface area contributed by atoms with Gasteiger partial charge in [-0.2, -0.15) is 13.2 Å². The molecular formula is C22H17ClF4N2O3S. The monoisotopic (exact) mass is 500 g/mol. The molecule has 0 atom stereocenters. The van der Waals surface area contributed by atoms with Crippen molar-refractivity contribution in [2.24, 2.45) is 0 Å². The molecule has 1 amide bonds. The first kappa shape index (κ1) is 24.5. The molecule has 0 saturated heterocycles. The molecule has 3 rings (SSSR count). The Morgan fingerprint density at radius 1 is 0.970 bits per heavy atom. The van der Waals surface area contributed by atoms with Crippen molar-refractivity contribution in [3.63, 3.8) is 0 Å². The van der Waals surface area contributed by atoms with Gasteiger partial charge in [-0.1, -0.05) is 41.9 Å². The number of carbonyl (C=O) groups is 1. The van der Waals surface area contributed by atoms with Gasteiger partial charge in [-0.25, -0.2) is 12.8 Å². The number of anilines is 1. The van der Waals surface area contributed by atoms with Crippen LogP contribution in [0.5, 0.6) is 0 Å². The summed E-state index contributed by atoms with van der Waals surface area (Å²) < 4.78 is 80.1. The zero-order valence-corrected chi connectivity index (χ0v) is 18.4. The summed E-state index contributed by atoms with van der Waals surface area (Å²) in [7, 11) is -4.58. The van der Waals surface area contributed by atoms with E-state index in [-0.39, 0.29) is 11.6 Å². The third-order valence-corrected chi connectivity index (χ3v) is 6.66. The average Bonchev–Trinajstić information content (AvgIpc) is 2.77. The summed E-state index contributed by atoms with van der Waals surface area (Å²) in [6.07, 6.45) is -4.78. The van der Waals surface area contributed by atoms with Crippen LogP contribution in [0.3, 0.4) is 0 Å². The maximum atomic E-state index is 13.3. The molecule has 174 valence electrons. The number of nitrogens with zero attached hydrogens (tertiary/aromatic N) is 1. The third-order valence-electron chi connectivity index (χ3n) is 4.56. The first-order valence-electron chi connectivity index (χ1n) is 9.44. The molecule has 0 spiro atoms. The largest absolute Gasteiger partial charge is 0.416 e. The van der Waals surface area contributed by atoms with Crippen molar-refractivity contribution in [1.29, 1.82) is 0 Å². The van der Waals surface area contributed by atoms with Gasteiger partial charge in [-0.15, -0.1) is 0 Å². The lowest BCUT2D eigenvalue weighted by molar-refractivity contribution is -0.137. The second-order valence-electron chi connectivity index (χ2n) is 6.89. The molecule has 1 N–H and O–H groups in total. The number of amides is 1. The van der Waals surface area contributed by atoms with Crippen LogP contribution in [0, 0.1) is 5.82 Å². The van der Waals surface area contributed by atoms with Crippen molar-refractivity contribution in [3.05, 3.63) is 94.8 Å². The van der Waals surface area contributed by atoms with Crippen LogP contribution in [0.15, 0.2) is 77.7 Å². The van der Waals surface area contributed by atoms with Crippen molar-refractivity contribution in [2.45, 2.75) is 17.6 Å². The van der Waals surface area contributed by atoms with Gasteiger partial charge in [-0.3, -0.25) is 9.10 Å². The summed E-state index contributed by atoms with van der Waals surface area (Å²) >= 11 is 6.05. The van der Waals surface area contributed by atoms with Crippen LogP contribution in [0.1, 0.15) is 11.1 Å². The highest BCUT2D eigenvalue weighted by Crippen LogP contribution is 2.37. The van der Waals surface area contributed by atoms with E-state index in [4.69, 9.17) is 11.6 Å². The highest BCUT2D eigenvalue weighted by molar-refractivity contribution is 7.92. The minimum Gasteiger partial charge on any atom is -0.350 e. The Bertz CT molecular complexity index is 1230. The zero-order chi connectivity index (χ0) is 24.2. The van der Waals surface area contributed by atoms with E-state index in [1.165, 1.54) is 0 Å². The standard InChI is InChI=1S/C22H17ClF4N2O3S/c23-19-11-6-16(22(25,26)27)12-20(19)29(33(31,32)18-9-7-17(24)8-10-18)14-21(30)28-13-15-4-2-1-3-5-15/h1-12H,13-14H2,(H,28,30). The number of benzene rings is 3. The molecule has 0 saturated carbocycles. The smallest absolute Gasteiger partial charge is 0.350 e. The average molecular weight is 501 g/mol. The molecule has 0 fully saturated rings. The second kappa shape index (κ2) is 9.80. The maximum absolute atomic E-state index is 13.3. The molecule has 0 bridgehead atoms. The number of nitrogens with one attached hydrogen (secondary N) is 1. The molecule has 3 aromatic rings. The predicted octanol–water partition coefficient (Wildman–Crippen LogP) is 5.01. The molecule has 0 radical (unpaired) electrons. The Morgan fingerprint density at radius 3 is 2.21 bits per heavy atom. The van der Waals surface area contributed by atoms with Crippen LogP contribution in [0.25, 0.3) is 0 Å². The van der Waals surface area contributed by atoms with Crippen LogP contribution in [-0.4, -0.2) is 20.9 Å². The van der Waals surface area contributed by atoms with E-state index in [9.17, 15) is 30.8 Å². The van der Waals surface area contributed by atoms with E-state index >= 15 is 0 Å². The first-order valence-corrected chi connectivity index (χ1v) is 11.3. The number of alkyl halides is 3. The molecule has 0 aliphatic heterocycles. The van der Waals surface area contributed by atoms with Gasteiger partial charge in [0.1, 0.15) is 12.4 Å². The number of sulfonamides is 1. The van der Waals surface area contributed by atoms with Crippen molar-refractivity contribution >= 4 is 33.2 Å². The normalized spacial score (nSPS) is 11.8. The molecule has 11 heteroatoms. The lowest BCUT2D eigenvalue weighted by atomic mass is 10.2. The van der Waals surface area contributed by atoms with E-state index < -0.39 is 50.6 Å². The van der Waals surface area contributed by atoms with E-state index in [1.807, 2.05) is 0 Å². The Morgan fingerprint density at radius 2 is 1.61 bits per heavy atom. The Kier molecular flexibility index (Phi) is 7.28.